The fraction of sp³-hybridized carbons (Fsp3) is 0.240. The van der Waals surface area contributed by atoms with E-state index in [4.69, 9.17) is 11.6 Å². The van der Waals surface area contributed by atoms with Gasteiger partial charge < -0.3 is 4.90 Å². The van der Waals surface area contributed by atoms with E-state index in [0.29, 0.717) is 30.3 Å². The summed E-state index contributed by atoms with van der Waals surface area (Å²) in [5.74, 6) is 0. The Bertz CT molecular complexity index is 1260. The van der Waals surface area contributed by atoms with Crippen molar-refractivity contribution in [1.82, 2.24) is 4.90 Å². The average Bonchev–Trinajstić information content (AvgIpc) is 2.75. The molecule has 6 nitrogen and oxygen atoms in total. The van der Waals surface area contributed by atoms with Crippen LogP contribution in [-0.2, 0) is 16.6 Å². The Morgan fingerprint density at radius 2 is 1.64 bits per heavy atom. The zero-order chi connectivity index (χ0) is 23.6. The maximum absolute atomic E-state index is 13.2. The molecule has 33 heavy (non-hydrogen) atoms. The summed E-state index contributed by atoms with van der Waals surface area (Å²) in [6.07, 6.45) is 0.861. The second-order valence-electron chi connectivity index (χ2n) is 8.32. The van der Waals surface area contributed by atoms with Crippen molar-refractivity contribution in [2.75, 3.05) is 22.7 Å². The Hall–Kier alpha value is -3.03. The normalized spacial score (nSPS) is 14.5. The van der Waals surface area contributed by atoms with Gasteiger partial charge in [-0.25, -0.2) is 13.2 Å². The Labute approximate surface area is 199 Å². The first-order valence-electron chi connectivity index (χ1n) is 10.7. The summed E-state index contributed by atoms with van der Waals surface area (Å²) in [4.78, 5) is 16.8. The van der Waals surface area contributed by atoms with E-state index >= 15 is 0 Å². The molecular weight excluding hydrogens is 458 g/mol. The van der Waals surface area contributed by atoms with E-state index in [-0.39, 0.29) is 10.9 Å². The van der Waals surface area contributed by atoms with Crippen molar-refractivity contribution in [3.63, 3.8) is 0 Å². The molecule has 1 aliphatic rings. The number of nitrogens with zero attached hydrogens (tertiary/aromatic N) is 2. The molecular formula is C25H26ClN3O3S. The first kappa shape index (κ1) is 23.1. The van der Waals surface area contributed by atoms with E-state index in [0.717, 1.165) is 17.7 Å². The Balaban J connectivity index is 1.47. The maximum atomic E-state index is 13.2. The molecule has 1 fully saturated rings. The van der Waals surface area contributed by atoms with Crippen molar-refractivity contribution >= 4 is 39.0 Å². The highest BCUT2D eigenvalue weighted by Crippen LogP contribution is 2.25. The molecule has 0 spiro atoms. The van der Waals surface area contributed by atoms with E-state index < -0.39 is 10.0 Å². The molecule has 172 valence electrons. The summed E-state index contributed by atoms with van der Waals surface area (Å²) in [7, 11) is -3.76. The number of halogens is 1. The third kappa shape index (κ3) is 5.49. The van der Waals surface area contributed by atoms with Crippen molar-refractivity contribution in [2.24, 2.45) is 0 Å². The number of carbonyl (C=O) groups is 1. The lowest BCUT2D eigenvalue weighted by Gasteiger charge is -2.36. The van der Waals surface area contributed by atoms with Gasteiger partial charge in [0.25, 0.3) is 10.0 Å². The molecule has 0 saturated carbocycles. The van der Waals surface area contributed by atoms with Gasteiger partial charge in [-0.3, -0.25) is 9.62 Å². The first-order valence-corrected chi connectivity index (χ1v) is 12.6. The van der Waals surface area contributed by atoms with Gasteiger partial charge in [0.1, 0.15) is 0 Å². The Morgan fingerprint density at radius 3 is 2.30 bits per heavy atom. The Kier molecular flexibility index (Phi) is 6.63. The van der Waals surface area contributed by atoms with Crippen LogP contribution in [0.5, 0.6) is 0 Å². The van der Waals surface area contributed by atoms with Gasteiger partial charge in [0.15, 0.2) is 0 Å². The van der Waals surface area contributed by atoms with Crippen LogP contribution in [0.2, 0.25) is 5.02 Å². The number of benzene rings is 3. The summed E-state index contributed by atoms with van der Waals surface area (Å²) in [6.45, 7) is 6.01. The molecule has 8 heteroatoms. The molecule has 2 amide bonds. The SMILES string of the molecule is Cc1cc(C)cc(CN2CCCN(c3ccc(NS(=O)(=O)c4cccc(Cl)c4)cc3)C2=O)c1. The highest BCUT2D eigenvalue weighted by atomic mass is 35.5. The van der Waals surface area contributed by atoms with E-state index in [1.54, 1.807) is 41.3 Å². The molecule has 0 unspecified atom stereocenters. The van der Waals surface area contributed by atoms with E-state index in [9.17, 15) is 13.2 Å². The standard InChI is InChI=1S/C25H26ClN3O3S/c1-18-13-19(2)15-20(14-18)17-28-11-4-12-29(25(28)30)23-9-7-22(8-10-23)27-33(31,32)24-6-3-5-21(26)16-24/h3,5-10,13-16,27H,4,11-12,17H2,1-2H3. The molecule has 3 aromatic rings. The van der Waals surface area contributed by atoms with Gasteiger partial charge >= 0.3 is 6.03 Å². The summed E-state index contributed by atoms with van der Waals surface area (Å²) in [5, 5.41) is 0.349. The number of sulfonamides is 1. The molecule has 4 rings (SSSR count). The van der Waals surface area contributed by atoms with Crippen LogP contribution >= 0.6 is 11.6 Å². The smallest absolute Gasteiger partial charge is 0.320 e. The number of rotatable bonds is 6. The fourth-order valence-corrected chi connectivity index (χ4v) is 5.47. The number of anilines is 2. The third-order valence-electron chi connectivity index (χ3n) is 5.50. The Morgan fingerprint density at radius 1 is 0.939 bits per heavy atom. The minimum Gasteiger partial charge on any atom is -0.320 e. The first-order chi connectivity index (χ1) is 15.7. The van der Waals surface area contributed by atoms with E-state index in [1.807, 2.05) is 4.90 Å². The van der Waals surface area contributed by atoms with Gasteiger partial charge in [0.2, 0.25) is 0 Å². The predicted molar refractivity (Wildman–Crippen MR) is 132 cm³/mol. The second kappa shape index (κ2) is 9.45. The zero-order valence-electron chi connectivity index (χ0n) is 18.6. The van der Waals surface area contributed by atoms with Crippen LogP contribution in [0.4, 0.5) is 16.2 Å². The molecule has 1 heterocycles. The van der Waals surface area contributed by atoms with Crippen LogP contribution in [0.3, 0.4) is 0 Å². The number of hydrogen-bond donors (Lipinski definition) is 1. The summed E-state index contributed by atoms with van der Waals surface area (Å²) < 4.78 is 27.8. The molecule has 1 aliphatic heterocycles. The second-order valence-corrected chi connectivity index (χ2v) is 10.4. The van der Waals surface area contributed by atoms with Crippen LogP contribution < -0.4 is 9.62 Å². The van der Waals surface area contributed by atoms with Gasteiger partial charge in [0, 0.05) is 36.0 Å². The molecule has 3 aromatic carbocycles. The molecule has 0 atom stereocenters. The molecule has 1 saturated heterocycles. The largest absolute Gasteiger partial charge is 0.324 e. The van der Waals surface area contributed by atoms with E-state index in [1.165, 1.54) is 23.3 Å². The van der Waals surface area contributed by atoms with Crippen molar-refractivity contribution in [3.05, 3.63) is 88.4 Å². The van der Waals surface area contributed by atoms with Crippen LogP contribution in [-0.4, -0.2) is 32.4 Å². The molecule has 0 aliphatic carbocycles. The number of nitrogens with one attached hydrogen (secondary N) is 1. The van der Waals surface area contributed by atoms with Gasteiger partial charge in [-0.05, 0) is 68.3 Å². The zero-order valence-corrected chi connectivity index (χ0v) is 20.2. The lowest BCUT2D eigenvalue weighted by Crippen LogP contribution is -2.49. The molecule has 1 N–H and O–H groups in total. The van der Waals surface area contributed by atoms with Crippen LogP contribution in [0.1, 0.15) is 23.1 Å². The summed E-state index contributed by atoms with van der Waals surface area (Å²) in [6, 6.07) is 19.2. The van der Waals surface area contributed by atoms with E-state index in [2.05, 4.69) is 36.8 Å². The lowest BCUT2D eigenvalue weighted by atomic mass is 10.1. The van der Waals surface area contributed by atoms with Crippen LogP contribution in [0, 0.1) is 13.8 Å². The maximum Gasteiger partial charge on any atom is 0.324 e. The highest BCUT2D eigenvalue weighted by molar-refractivity contribution is 7.92. The van der Waals surface area contributed by atoms with Crippen molar-refractivity contribution in [1.29, 1.82) is 0 Å². The van der Waals surface area contributed by atoms with Crippen molar-refractivity contribution in [2.45, 2.75) is 31.7 Å². The predicted octanol–water partition coefficient (Wildman–Crippen LogP) is 5.59. The molecule has 0 bridgehead atoms. The van der Waals surface area contributed by atoms with Crippen LogP contribution in [0.15, 0.2) is 71.6 Å². The number of carbonyl (C=O) groups excluding carboxylic acids is 1. The number of urea groups is 1. The summed E-state index contributed by atoms with van der Waals surface area (Å²) >= 11 is 5.92. The van der Waals surface area contributed by atoms with Gasteiger partial charge in [-0.1, -0.05) is 47.0 Å². The van der Waals surface area contributed by atoms with Gasteiger partial charge in [-0.15, -0.1) is 0 Å². The minimum atomic E-state index is -3.76. The van der Waals surface area contributed by atoms with Gasteiger partial charge in [-0.2, -0.15) is 0 Å². The number of hydrogen-bond acceptors (Lipinski definition) is 3. The topological polar surface area (TPSA) is 69.7 Å². The van der Waals surface area contributed by atoms with Crippen LogP contribution in [0.25, 0.3) is 0 Å². The quantitative estimate of drug-likeness (QED) is 0.496. The minimum absolute atomic E-state index is 0.0485. The molecule has 0 radical (unpaired) electrons. The number of aryl methyl sites for hydroxylation is 2. The van der Waals surface area contributed by atoms with Crippen molar-refractivity contribution in [3.8, 4) is 0 Å². The van der Waals surface area contributed by atoms with Gasteiger partial charge in [0.05, 0.1) is 4.90 Å². The average molecular weight is 484 g/mol. The lowest BCUT2D eigenvalue weighted by molar-refractivity contribution is 0.192. The third-order valence-corrected chi connectivity index (χ3v) is 7.12. The highest BCUT2D eigenvalue weighted by Gasteiger charge is 2.27. The monoisotopic (exact) mass is 483 g/mol. The molecule has 0 aromatic heterocycles. The number of amides is 2. The fourth-order valence-electron chi connectivity index (χ4n) is 4.11. The summed E-state index contributed by atoms with van der Waals surface area (Å²) in [5.41, 5.74) is 4.63. The van der Waals surface area contributed by atoms with Crippen molar-refractivity contribution < 1.29 is 13.2 Å².